The molecule has 0 aromatic heterocycles. The summed E-state index contributed by atoms with van der Waals surface area (Å²) in [6.45, 7) is 2.57. The molecule has 25 heavy (non-hydrogen) atoms. The summed E-state index contributed by atoms with van der Waals surface area (Å²) in [7, 11) is 3.37. The van der Waals surface area contributed by atoms with E-state index in [4.69, 9.17) is 14.2 Å². The van der Waals surface area contributed by atoms with Gasteiger partial charge in [0, 0.05) is 16.5 Å². The van der Waals surface area contributed by atoms with E-state index in [1.165, 1.54) is 5.56 Å². The van der Waals surface area contributed by atoms with Gasteiger partial charge in [0.05, 0.1) is 14.2 Å². The third-order valence-corrected chi connectivity index (χ3v) is 4.65. The van der Waals surface area contributed by atoms with Gasteiger partial charge in [-0.1, -0.05) is 18.2 Å². The zero-order chi connectivity index (χ0) is 17.4. The molecule has 1 aliphatic rings. The van der Waals surface area contributed by atoms with Crippen LogP contribution in [0.2, 0.25) is 0 Å². The Bertz CT molecular complexity index is 986. The lowest BCUT2D eigenvalue weighted by atomic mass is 9.91. The lowest BCUT2D eigenvalue weighted by Gasteiger charge is -2.24. The summed E-state index contributed by atoms with van der Waals surface area (Å²) in [5.41, 5.74) is 4.62. The van der Waals surface area contributed by atoms with Gasteiger partial charge in [-0.2, -0.15) is 0 Å². The molecule has 0 saturated carbocycles. The highest BCUT2D eigenvalue weighted by atomic mass is 16.5. The van der Waals surface area contributed by atoms with E-state index in [1.54, 1.807) is 14.2 Å². The molecular weight excluding hydrogens is 312 g/mol. The van der Waals surface area contributed by atoms with Crippen molar-refractivity contribution in [2.45, 2.75) is 13.5 Å². The third-order valence-electron chi connectivity index (χ3n) is 4.65. The van der Waals surface area contributed by atoms with Gasteiger partial charge in [0.2, 0.25) is 0 Å². The molecule has 0 unspecified atom stereocenters. The van der Waals surface area contributed by atoms with Crippen molar-refractivity contribution in [1.82, 2.24) is 0 Å². The van der Waals surface area contributed by atoms with Crippen molar-refractivity contribution in [3.8, 4) is 28.4 Å². The fourth-order valence-corrected chi connectivity index (χ4v) is 3.43. The molecule has 3 heteroatoms. The van der Waals surface area contributed by atoms with Crippen LogP contribution in [0.1, 0.15) is 18.1 Å². The number of methoxy groups -OCH3 is 2. The van der Waals surface area contributed by atoms with Gasteiger partial charge in [0.25, 0.3) is 0 Å². The Labute approximate surface area is 147 Å². The van der Waals surface area contributed by atoms with Crippen LogP contribution in [0.3, 0.4) is 0 Å². The maximum absolute atomic E-state index is 6.15. The van der Waals surface area contributed by atoms with Crippen molar-refractivity contribution in [1.29, 1.82) is 0 Å². The average molecular weight is 332 g/mol. The van der Waals surface area contributed by atoms with Crippen LogP contribution in [0.4, 0.5) is 0 Å². The number of benzene rings is 3. The summed E-state index contributed by atoms with van der Waals surface area (Å²) < 4.78 is 16.9. The zero-order valence-corrected chi connectivity index (χ0v) is 14.6. The molecule has 0 amide bonds. The highest BCUT2D eigenvalue weighted by Gasteiger charge is 2.21. The van der Waals surface area contributed by atoms with Crippen LogP contribution in [0.25, 0.3) is 28.0 Å². The van der Waals surface area contributed by atoms with Gasteiger partial charge in [-0.05, 0) is 59.8 Å². The largest absolute Gasteiger partial charge is 0.497 e. The minimum Gasteiger partial charge on any atom is -0.497 e. The van der Waals surface area contributed by atoms with E-state index < -0.39 is 0 Å². The molecule has 0 atom stereocenters. The van der Waals surface area contributed by atoms with Gasteiger partial charge in [0.15, 0.2) is 0 Å². The Balaban J connectivity index is 2.02. The second-order valence-corrected chi connectivity index (χ2v) is 6.07. The van der Waals surface area contributed by atoms with Crippen LogP contribution in [0, 0.1) is 0 Å². The van der Waals surface area contributed by atoms with Crippen LogP contribution in [-0.2, 0) is 6.61 Å². The molecule has 3 nitrogen and oxygen atoms in total. The van der Waals surface area contributed by atoms with Crippen molar-refractivity contribution < 1.29 is 14.2 Å². The van der Waals surface area contributed by atoms with E-state index in [9.17, 15) is 0 Å². The molecule has 1 aliphatic heterocycles. The maximum Gasteiger partial charge on any atom is 0.135 e. The SMILES string of the molecule is C/C=C\c1cc2c(c3ccc(OC)cc13)OCc1cc(OC)ccc1-2. The second kappa shape index (κ2) is 6.17. The first-order valence-electron chi connectivity index (χ1n) is 8.32. The van der Waals surface area contributed by atoms with Crippen LogP contribution in [-0.4, -0.2) is 14.2 Å². The number of allylic oxidation sites excluding steroid dienone is 1. The summed E-state index contributed by atoms with van der Waals surface area (Å²) in [6.07, 6.45) is 4.18. The lowest BCUT2D eigenvalue weighted by Crippen LogP contribution is -2.07. The van der Waals surface area contributed by atoms with E-state index in [0.717, 1.165) is 44.7 Å². The van der Waals surface area contributed by atoms with Crippen LogP contribution in [0.15, 0.2) is 48.5 Å². The number of hydrogen-bond acceptors (Lipinski definition) is 3. The molecule has 0 bridgehead atoms. The molecule has 3 aromatic carbocycles. The highest BCUT2D eigenvalue weighted by molar-refractivity contribution is 6.02. The molecule has 0 radical (unpaired) electrons. The first-order chi connectivity index (χ1) is 12.2. The third kappa shape index (κ3) is 2.52. The van der Waals surface area contributed by atoms with Gasteiger partial charge in [0.1, 0.15) is 23.9 Å². The summed E-state index contributed by atoms with van der Waals surface area (Å²) in [5, 5.41) is 2.24. The fraction of sp³-hybridized carbons (Fsp3) is 0.182. The summed E-state index contributed by atoms with van der Waals surface area (Å²) >= 11 is 0. The molecule has 0 saturated heterocycles. The number of hydrogen-bond donors (Lipinski definition) is 0. The first kappa shape index (κ1) is 15.6. The van der Waals surface area contributed by atoms with E-state index in [2.05, 4.69) is 36.4 Å². The zero-order valence-electron chi connectivity index (χ0n) is 14.6. The first-order valence-corrected chi connectivity index (χ1v) is 8.32. The van der Waals surface area contributed by atoms with Gasteiger partial charge >= 0.3 is 0 Å². The van der Waals surface area contributed by atoms with Crippen LogP contribution in [0.5, 0.6) is 17.2 Å². The molecular formula is C22H20O3. The quantitative estimate of drug-likeness (QED) is 0.638. The highest BCUT2D eigenvalue weighted by Crippen LogP contribution is 2.45. The Morgan fingerprint density at radius 1 is 0.880 bits per heavy atom. The normalized spacial score (nSPS) is 12.6. The number of fused-ring (bicyclic) bond motifs is 5. The standard InChI is InChI=1S/C22H20O3/c1-4-5-14-11-21-18-8-6-16(23-2)10-15(18)13-25-22(21)19-9-7-17(24-3)12-20(14)19/h4-12H,13H2,1-3H3/b5-4-. The number of rotatable bonds is 3. The lowest BCUT2D eigenvalue weighted by molar-refractivity contribution is 0.305. The molecule has 4 rings (SSSR count). The topological polar surface area (TPSA) is 27.7 Å². The van der Waals surface area contributed by atoms with Crippen molar-refractivity contribution in [3.05, 3.63) is 59.7 Å². The Kier molecular flexibility index (Phi) is 3.85. The smallest absolute Gasteiger partial charge is 0.135 e. The predicted molar refractivity (Wildman–Crippen MR) is 102 cm³/mol. The monoisotopic (exact) mass is 332 g/mol. The summed E-state index contributed by atoms with van der Waals surface area (Å²) in [5.74, 6) is 2.63. The maximum atomic E-state index is 6.15. The average Bonchev–Trinajstić information content (AvgIpc) is 2.67. The van der Waals surface area contributed by atoms with E-state index in [0.29, 0.717) is 6.61 Å². The fourth-order valence-electron chi connectivity index (χ4n) is 3.43. The van der Waals surface area contributed by atoms with Crippen LogP contribution < -0.4 is 14.2 Å². The summed E-state index contributed by atoms with van der Waals surface area (Å²) in [6, 6.07) is 14.5. The van der Waals surface area contributed by atoms with E-state index in [-0.39, 0.29) is 0 Å². The Morgan fingerprint density at radius 2 is 1.64 bits per heavy atom. The van der Waals surface area contributed by atoms with Gasteiger partial charge < -0.3 is 14.2 Å². The van der Waals surface area contributed by atoms with Crippen molar-refractivity contribution in [3.63, 3.8) is 0 Å². The van der Waals surface area contributed by atoms with E-state index in [1.807, 2.05) is 25.1 Å². The molecule has 0 fully saturated rings. The van der Waals surface area contributed by atoms with Gasteiger partial charge in [-0.25, -0.2) is 0 Å². The van der Waals surface area contributed by atoms with E-state index >= 15 is 0 Å². The molecule has 126 valence electrons. The molecule has 3 aromatic rings. The number of ether oxygens (including phenoxy) is 3. The Hall–Kier alpha value is -2.94. The van der Waals surface area contributed by atoms with Crippen molar-refractivity contribution >= 4 is 16.8 Å². The summed E-state index contributed by atoms with van der Waals surface area (Å²) in [4.78, 5) is 0. The molecule has 0 N–H and O–H groups in total. The van der Waals surface area contributed by atoms with Gasteiger partial charge in [-0.15, -0.1) is 0 Å². The minimum absolute atomic E-state index is 0.545. The van der Waals surface area contributed by atoms with Crippen molar-refractivity contribution in [2.75, 3.05) is 14.2 Å². The van der Waals surface area contributed by atoms with Crippen molar-refractivity contribution in [2.24, 2.45) is 0 Å². The predicted octanol–water partition coefficient (Wildman–Crippen LogP) is 5.45. The Morgan fingerprint density at radius 3 is 2.40 bits per heavy atom. The van der Waals surface area contributed by atoms with Gasteiger partial charge in [-0.3, -0.25) is 0 Å². The molecule has 0 spiro atoms. The molecule has 0 aliphatic carbocycles. The minimum atomic E-state index is 0.545. The van der Waals surface area contributed by atoms with Crippen LogP contribution >= 0.6 is 0 Å². The molecule has 1 heterocycles. The second-order valence-electron chi connectivity index (χ2n) is 6.07.